The van der Waals surface area contributed by atoms with Crippen molar-refractivity contribution in [3.05, 3.63) is 54.6 Å². The van der Waals surface area contributed by atoms with Gasteiger partial charge in [-0.25, -0.2) is 9.78 Å². The lowest BCUT2D eigenvalue weighted by atomic mass is 10.2. The molecule has 2 aromatic rings. The van der Waals surface area contributed by atoms with Gasteiger partial charge < -0.3 is 20.5 Å². The molecule has 0 aliphatic heterocycles. The monoisotopic (exact) mass is 329 g/mol. The number of hydrogen-bond acceptors (Lipinski definition) is 3. The normalized spacial score (nSPS) is 11.5. The smallest absolute Gasteiger partial charge is 0.315 e. The van der Waals surface area contributed by atoms with E-state index in [4.69, 9.17) is 0 Å². The molecule has 7 nitrogen and oxygen atoms in total. The van der Waals surface area contributed by atoms with Gasteiger partial charge in [0.05, 0.1) is 6.33 Å². The molecule has 1 aromatic carbocycles. The Labute approximate surface area is 141 Å². The number of nitrogens with zero attached hydrogens (tertiary/aromatic N) is 2. The number of hydrogen-bond donors (Lipinski definition) is 3. The zero-order valence-corrected chi connectivity index (χ0v) is 13.7. The molecule has 0 saturated heterocycles. The van der Waals surface area contributed by atoms with Gasteiger partial charge in [-0.3, -0.25) is 4.79 Å². The summed E-state index contributed by atoms with van der Waals surface area (Å²) in [5, 5.41) is 8.46. The molecule has 0 spiro atoms. The maximum atomic E-state index is 11.8. The molecule has 2 rings (SSSR count). The summed E-state index contributed by atoms with van der Waals surface area (Å²) in [6.45, 7) is 3.61. The first-order chi connectivity index (χ1) is 11.6. The van der Waals surface area contributed by atoms with E-state index in [1.165, 1.54) is 0 Å². The third-order valence-electron chi connectivity index (χ3n) is 3.38. The minimum Gasteiger partial charge on any atom is -0.352 e. The molecular weight excluding hydrogens is 306 g/mol. The van der Waals surface area contributed by atoms with Crippen LogP contribution in [-0.4, -0.2) is 40.6 Å². The molecule has 0 aliphatic rings. The van der Waals surface area contributed by atoms with Gasteiger partial charge in [-0.15, -0.1) is 0 Å². The second kappa shape index (κ2) is 9.34. The Balaban J connectivity index is 1.55. The molecule has 1 atom stereocenters. The van der Waals surface area contributed by atoms with Crippen molar-refractivity contribution in [3.63, 3.8) is 0 Å². The zero-order valence-electron chi connectivity index (χ0n) is 13.7. The fraction of sp³-hybridized carbons (Fsp3) is 0.353. The molecule has 1 heterocycles. The van der Waals surface area contributed by atoms with Gasteiger partial charge in [0.1, 0.15) is 0 Å². The molecule has 7 heteroatoms. The van der Waals surface area contributed by atoms with Crippen LogP contribution in [0.4, 0.5) is 4.79 Å². The molecule has 3 amide bonds. The number of carbonyl (C=O) groups excluding carboxylic acids is 2. The van der Waals surface area contributed by atoms with Gasteiger partial charge in [0, 0.05) is 43.6 Å². The second-order valence-corrected chi connectivity index (χ2v) is 5.54. The van der Waals surface area contributed by atoms with Crippen LogP contribution < -0.4 is 16.0 Å². The Kier molecular flexibility index (Phi) is 6.82. The van der Waals surface area contributed by atoms with E-state index in [0.717, 1.165) is 0 Å². The van der Waals surface area contributed by atoms with Crippen LogP contribution in [0.1, 0.15) is 23.7 Å². The molecule has 3 N–H and O–H groups in total. The van der Waals surface area contributed by atoms with E-state index in [-0.39, 0.29) is 18.0 Å². The molecule has 24 heavy (non-hydrogen) atoms. The Morgan fingerprint density at radius 2 is 1.92 bits per heavy atom. The van der Waals surface area contributed by atoms with E-state index in [1.807, 2.05) is 35.9 Å². The number of benzene rings is 1. The van der Waals surface area contributed by atoms with Crippen molar-refractivity contribution in [1.29, 1.82) is 0 Å². The summed E-state index contributed by atoms with van der Waals surface area (Å²) in [5.41, 5.74) is 0.636. The number of carbonyl (C=O) groups is 2. The van der Waals surface area contributed by atoms with Crippen LogP contribution in [0, 0.1) is 0 Å². The van der Waals surface area contributed by atoms with Crippen molar-refractivity contribution in [1.82, 2.24) is 25.5 Å². The first-order valence-electron chi connectivity index (χ1n) is 7.98. The van der Waals surface area contributed by atoms with E-state index >= 15 is 0 Å². The van der Waals surface area contributed by atoms with Crippen molar-refractivity contribution in [2.75, 3.05) is 13.1 Å². The Bertz CT molecular complexity index is 628. The number of nitrogens with one attached hydrogen (secondary N) is 3. The topological polar surface area (TPSA) is 88.1 Å². The summed E-state index contributed by atoms with van der Waals surface area (Å²) in [6.07, 6.45) is 5.94. The predicted octanol–water partition coefficient (Wildman–Crippen LogP) is 1.39. The van der Waals surface area contributed by atoms with E-state index in [0.29, 0.717) is 31.6 Å². The zero-order chi connectivity index (χ0) is 17.2. The van der Waals surface area contributed by atoms with Crippen molar-refractivity contribution >= 4 is 11.9 Å². The van der Waals surface area contributed by atoms with Gasteiger partial charge in [0.15, 0.2) is 0 Å². The molecule has 0 radical (unpaired) electrons. The molecule has 1 aromatic heterocycles. The van der Waals surface area contributed by atoms with Crippen LogP contribution in [-0.2, 0) is 6.54 Å². The van der Waals surface area contributed by atoms with Crippen molar-refractivity contribution in [3.8, 4) is 0 Å². The molecule has 128 valence electrons. The van der Waals surface area contributed by atoms with Crippen LogP contribution in [0.2, 0.25) is 0 Å². The van der Waals surface area contributed by atoms with Gasteiger partial charge in [-0.1, -0.05) is 18.2 Å². The highest BCUT2D eigenvalue weighted by Crippen LogP contribution is 1.97. The molecule has 0 aliphatic carbocycles. The summed E-state index contributed by atoms with van der Waals surface area (Å²) in [5.74, 6) is -0.103. The number of amides is 3. The molecule has 0 saturated carbocycles. The average molecular weight is 329 g/mol. The maximum Gasteiger partial charge on any atom is 0.315 e. The van der Waals surface area contributed by atoms with E-state index in [2.05, 4.69) is 20.9 Å². The first kappa shape index (κ1) is 17.5. The van der Waals surface area contributed by atoms with E-state index < -0.39 is 0 Å². The van der Waals surface area contributed by atoms with Gasteiger partial charge in [-0.05, 0) is 25.5 Å². The van der Waals surface area contributed by atoms with Crippen molar-refractivity contribution < 1.29 is 9.59 Å². The summed E-state index contributed by atoms with van der Waals surface area (Å²) in [4.78, 5) is 27.5. The summed E-state index contributed by atoms with van der Waals surface area (Å²) < 4.78 is 1.91. The average Bonchev–Trinajstić information content (AvgIpc) is 3.07. The summed E-state index contributed by atoms with van der Waals surface area (Å²) >= 11 is 0. The van der Waals surface area contributed by atoms with Crippen LogP contribution in [0.5, 0.6) is 0 Å². The van der Waals surface area contributed by atoms with Crippen LogP contribution in [0.15, 0.2) is 49.1 Å². The quantitative estimate of drug-likeness (QED) is 0.640. The molecule has 0 fully saturated rings. The molecular formula is C17H23N5O2. The third-order valence-corrected chi connectivity index (χ3v) is 3.38. The predicted molar refractivity (Wildman–Crippen MR) is 91.6 cm³/mol. The molecule has 0 unspecified atom stereocenters. The van der Waals surface area contributed by atoms with E-state index in [1.54, 1.807) is 24.7 Å². The fourth-order valence-corrected chi connectivity index (χ4v) is 2.22. The summed E-state index contributed by atoms with van der Waals surface area (Å²) in [6, 6.07) is 8.84. The van der Waals surface area contributed by atoms with Gasteiger partial charge in [-0.2, -0.15) is 0 Å². The minimum absolute atomic E-state index is 0.00279. The third kappa shape index (κ3) is 6.12. The highest BCUT2D eigenvalue weighted by molar-refractivity contribution is 5.94. The summed E-state index contributed by atoms with van der Waals surface area (Å²) in [7, 11) is 0. The van der Waals surface area contributed by atoms with Gasteiger partial charge in [0.2, 0.25) is 0 Å². The van der Waals surface area contributed by atoms with Gasteiger partial charge in [0.25, 0.3) is 5.91 Å². The molecule has 0 bridgehead atoms. The Hall–Kier alpha value is -2.83. The SMILES string of the molecule is C[C@@H](Cn1ccnc1)NC(=O)NCCCNC(=O)c1ccccc1. The van der Waals surface area contributed by atoms with Crippen LogP contribution >= 0.6 is 0 Å². The first-order valence-corrected chi connectivity index (χ1v) is 7.98. The van der Waals surface area contributed by atoms with Crippen molar-refractivity contribution in [2.45, 2.75) is 25.9 Å². The van der Waals surface area contributed by atoms with Gasteiger partial charge >= 0.3 is 6.03 Å². The fourth-order valence-electron chi connectivity index (χ4n) is 2.22. The largest absolute Gasteiger partial charge is 0.352 e. The van der Waals surface area contributed by atoms with E-state index in [9.17, 15) is 9.59 Å². The van der Waals surface area contributed by atoms with Crippen LogP contribution in [0.25, 0.3) is 0 Å². The number of aromatic nitrogens is 2. The number of rotatable bonds is 8. The number of urea groups is 1. The lowest BCUT2D eigenvalue weighted by Crippen LogP contribution is -2.43. The Morgan fingerprint density at radius 1 is 1.17 bits per heavy atom. The lowest BCUT2D eigenvalue weighted by molar-refractivity contribution is 0.0953. The standard InChI is InChI=1S/C17H23N5O2/c1-14(12-22-11-10-18-13-22)21-17(24)20-9-5-8-19-16(23)15-6-3-2-4-7-15/h2-4,6-7,10-11,13-14H,5,8-9,12H2,1H3,(H,19,23)(H2,20,21,24)/t14-/m0/s1. The van der Waals surface area contributed by atoms with Crippen molar-refractivity contribution in [2.24, 2.45) is 0 Å². The highest BCUT2D eigenvalue weighted by Gasteiger charge is 2.07. The second-order valence-electron chi connectivity index (χ2n) is 5.54. The minimum atomic E-state index is -0.211. The highest BCUT2D eigenvalue weighted by atomic mass is 16.2. The Morgan fingerprint density at radius 3 is 2.62 bits per heavy atom. The van der Waals surface area contributed by atoms with Crippen LogP contribution in [0.3, 0.4) is 0 Å². The lowest BCUT2D eigenvalue weighted by Gasteiger charge is -2.15. The number of imidazole rings is 1. The maximum absolute atomic E-state index is 11.8.